The third kappa shape index (κ3) is 4.68. The third-order valence-corrected chi connectivity index (χ3v) is 3.49. The lowest BCUT2D eigenvalue weighted by Gasteiger charge is -2.25. The normalized spacial score (nSPS) is 12.2. The Balaban J connectivity index is 2.80. The summed E-state index contributed by atoms with van der Waals surface area (Å²) in [6, 6.07) is 9.91. The van der Waals surface area contributed by atoms with Gasteiger partial charge in [0.15, 0.2) is 0 Å². The van der Waals surface area contributed by atoms with Gasteiger partial charge in [0.1, 0.15) is 6.54 Å². The van der Waals surface area contributed by atoms with Crippen LogP contribution in [0.15, 0.2) is 30.3 Å². The lowest BCUT2D eigenvalue weighted by molar-refractivity contribution is -0.144. The lowest BCUT2D eigenvalue weighted by atomic mass is 9.85. The number of amides is 1. The Bertz CT molecular complexity index is 442. The molecule has 0 radical (unpaired) electrons. The van der Waals surface area contributed by atoms with Gasteiger partial charge in [-0.05, 0) is 24.3 Å². The zero-order chi connectivity index (χ0) is 15.1. The number of carbonyl (C=O) groups is 2. The van der Waals surface area contributed by atoms with Crippen molar-refractivity contribution in [2.45, 2.75) is 33.1 Å². The van der Waals surface area contributed by atoms with Crippen LogP contribution in [0.4, 0.5) is 0 Å². The fourth-order valence-corrected chi connectivity index (χ4v) is 2.30. The molecule has 20 heavy (non-hydrogen) atoms. The summed E-state index contributed by atoms with van der Waals surface area (Å²) < 4.78 is 0. The summed E-state index contributed by atoms with van der Waals surface area (Å²) in [5, 5.41) is 8.83. The molecule has 1 rings (SSSR count). The average molecular weight is 277 g/mol. The maximum atomic E-state index is 12.3. The Kier molecular flexibility index (Phi) is 6.22. The van der Waals surface area contributed by atoms with E-state index in [4.69, 9.17) is 5.11 Å². The van der Waals surface area contributed by atoms with Crippen LogP contribution in [0.1, 0.15) is 38.7 Å². The van der Waals surface area contributed by atoms with Gasteiger partial charge in [0.05, 0.1) is 0 Å². The smallest absolute Gasteiger partial charge is 0.323 e. The molecule has 1 aromatic carbocycles. The lowest BCUT2D eigenvalue weighted by Crippen LogP contribution is -2.36. The summed E-state index contributed by atoms with van der Waals surface area (Å²) in [4.78, 5) is 24.4. The fraction of sp³-hybridized carbons (Fsp3) is 0.500. The van der Waals surface area contributed by atoms with Gasteiger partial charge in [-0.2, -0.15) is 0 Å². The minimum absolute atomic E-state index is 0.0996. The van der Waals surface area contributed by atoms with Crippen molar-refractivity contribution < 1.29 is 14.7 Å². The summed E-state index contributed by atoms with van der Waals surface area (Å²) in [7, 11) is 0. The molecule has 0 saturated carbocycles. The molecular weight excluding hydrogens is 254 g/mol. The van der Waals surface area contributed by atoms with Crippen LogP contribution in [0.2, 0.25) is 0 Å². The topological polar surface area (TPSA) is 57.6 Å². The van der Waals surface area contributed by atoms with E-state index in [1.165, 1.54) is 4.90 Å². The molecule has 1 atom stereocenters. The Hall–Kier alpha value is -1.84. The zero-order valence-electron chi connectivity index (χ0n) is 12.4. The van der Waals surface area contributed by atoms with Gasteiger partial charge in [-0.3, -0.25) is 9.59 Å². The van der Waals surface area contributed by atoms with E-state index in [0.717, 1.165) is 5.56 Å². The van der Waals surface area contributed by atoms with Crippen molar-refractivity contribution in [3.8, 4) is 0 Å². The summed E-state index contributed by atoms with van der Waals surface area (Å²) >= 11 is 0. The molecule has 0 spiro atoms. The van der Waals surface area contributed by atoms with E-state index in [-0.39, 0.29) is 18.4 Å². The Morgan fingerprint density at radius 2 is 1.80 bits per heavy atom. The van der Waals surface area contributed by atoms with Gasteiger partial charge in [-0.25, -0.2) is 0 Å². The number of likely N-dealkylation sites (N-methyl/N-ethyl adjacent to an activating group) is 1. The second-order valence-electron chi connectivity index (χ2n) is 5.27. The monoisotopic (exact) mass is 277 g/mol. The van der Waals surface area contributed by atoms with E-state index in [0.29, 0.717) is 18.9 Å². The first kappa shape index (κ1) is 16.2. The molecule has 0 bridgehead atoms. The van der Waals surface area contributed by atoms with E-state index >= 15 is 0 Å². The SMILES string of the molecule is CCN(CC(=O)O)C(=O)CC(c1ccccc1)C(C)C. The first-order chi connectivity index (χ1) is 9.45. The fourth-order valence-electron chi connectivity index (χ4n) is 2.30. The molecule has 1 N–H and O–H groups in total. The molecule has 0 aliphatic rings. The molecule has 110 valence electrons. The van der Waals surface area contributed by atoms with E-state index in [1.807, 2.05) is 30.3 Å². The molecule has 1 aromatic rings. The maximum Gasteiger partial charge on any atom is 0.323 e. The van der Waals surface area contributed by atoms with Crippen molar-refractivity contribution in [3.05, 3.63) is 35.9 Å². The highest BCUT2D eigenvalue weighted by atomic mass is 16.4. The first-order valence-electron chi connectivity index (χ1n) is 7.00. The van der Waals surface area contributed by atoms with Crippen molar-refractivity contribution in [2.24, 2.45) is 5.92 Å². The Morgan fingerprint density at radius 1 is 1.20 bits per heavy atom. The molecule has 0 fully saturated rings. The minimum atomic E-state index is -0.971. The van der Waals surface area contributed by atoms with E-state index < -0.39 is 5.97 Å². The first-order valence-corrected chi connectivity index (χ1v) is 7.00. The Labute approximate surface area is 120 Å². The van der Waals surface area contributed by atoms with Crippen LogP contribution in [-0.2, 0) is 9.59 Å². The van der Waals surface area contributed by atoms with Crippen LogP contribution < -0.4 is 0 Å². The average Bonchev–Trinajstić information content (AvgIpc) is 2.42. The number of aliphatic carboxylic acids is 1. The number of carboxylic acid groups (broad SMARTS) is 1. The van der Waals surface area contributed by atoms with Crippen LogP contribution in [0.25, 0.3) is 0 Å². The van der Waals surface area contributed by atoms with Gasteiger partial charge < -0.3 is 10.0 Å². The van der Waals surface area contributed by atoms with E-state index in [2.05, 4.69) is 13.8 Å². The van der Waals surface area contributed by atoms with Gasteiger partial charge in [-0.1, -0.05) is 44.2 Å². The molecule has 0 saturated heterocycles. The van der Waals surface area contributed by atoms with Crippen LogP contribution in [0, 0.1) is 5.92 Å². The highest BCUT2D eigenvalue weighted by Gasteiger charge is 2.23. The predicted octanol–water partition coefficient (Wildman–Crippen LogP) is 2.75. The molecule has 1 unspecified atom stereocenters. The number of carboxylic acids is 1. The summed E-state index contributed by atoms with van der Waals surface area (Å²) in [6.45, 7) is 6.16. The van der Waals surface area contributed by atoms with Crippen LogP contribution >= 0.6 is 0 Å². The predicted molar refractivity (Wildman–Crippen MR) is 78.5 cm³/mol. The molecule has 0 aliphatic heterocycles. The van der Waals surface area contributed by atoms with E-state index in [9.17, 15) is 9.59 Å². The number of benzene rings is 1. The van der Waals surface area contributed by atoms with Gasteiger partial charge in [-0.15, -0.1) is 0 Å². The van der Waals surface area contributed by atoms with Gasteiger partial charge >= 0.3 is 5.97 Å². The molecular formula is C16H23NO3. The van der Waals surface area contributed by atoms with Gasteiger partial charge in [0, 0.05) is 13.0 Å². The second kappa shape index (κ2) is 7.68. The van der Waals surface area contributed by atoms with Crippen molar-refractivity contribution in [2.75, 3.05) is 13.1 Å². The molecule has 0 aliphatic carbocycles. The third-order valence-electron chi connectivity index (χ3n) is 3.49. The number of nitrogens with zero attached hydrogens (tertiary/aromatic N) is 1. The number of rotatable bonds is 7. The van der Waals surface area contributed by atoms with Crippen molar-refractivity contribution >= 4 is 11.9 Å². The standard InChI is InChI=1S/C16H23NO3/c1-4-17(11-16(19)20)15(18)10-14(12(2)3)13-8-6-5-7-9-13/h5-9,12,14H,4,10-11H2,1-3H3,(H,19,20). The highest BCUT2D eigenvalue weighted by molar-refractivity contribution is 5.81. The van der Waals surface area contributed by atoms with E-state index in [1.54, 1.807) is 6.92 Å². The quantitative estimate of drug-likeness (QED) is 0.833. The molecule has 4 nitrogen and oxygen atoms in total. The summed E-state index contributed by atoms with van der Waals surface area (Å²) in [5.41, 5.74) is 1.13. The minimum Gasteiger partial charge on any atom is -0.480 e. The van der Waals surface area contributed by atoms with Crippen LogP contribution in [0.3, 0.4) is 0 Å². The van der Waals surface area contributed by atoms with Gasteiger partial charge in [0.2, 0.25) is 5.91 Å². The second-order valence-corrected chi connectivity index (χ2v) is 5.27. The largest absolute Gasteiger partial charge is 0.480 e. The zero-order valence-corrected chi connectivity index (χ0v) is 12.4. The van der Waals surface area contributed by atoms with Crippen molar-refractivity contribution in [1.29, 1.82) is 0 Å². The summed E-state index contributed by atoms with van der Waals surface area (Å²) in [5.74, 6) is -0.630. The van der Waals surface area contributed by atoms with Gasteiger partial charge in [0.25, 0.3) is 0 Å². The molecule has 4 heteroatoms. The Morgan fingerprint density at radius 3 is 2.25 bits per heavy atom. The highest BCUT2D eigenvalue weighted by Crippen LogP contribution is 2.28. The number of hydrogen-bond acceptors (Lipinski definition) is 2. The van der Waals surface area contributed by atoms with Crippen molar-refractivity contribution in [3.63, 3.8) is 0 Å². The van der Waals surface area contributed by atoms with Crippen LogP contribution in [-0.4, -0.2) is 35.0 Å². The molecule has 0 heterocycles. The summed E-state index contributed by atoms with van der Waals surface area (Å²) in [6.07, 6.45) is 0.350. The maximum absolute atomic E-state index is 12.3. The number of carbonyl (C=O) groups excluding carboxylic acids is 1. The molecule has 0 aromatic heterocycles. The van der Waals surface area contributed by atoms with Crippen molar-refractivity contribution in [1.82, 2.24) is 4.90 Å². The molecule has 1 amide bonds. The number of hydrogen-bond donors (Lipinski definition) is 1. The van der Waals surface area contributed by atoms with Crippen LogP contribution in [0.5, 0.6) is 0 Å².